The fourth-order valence-electron chi connectivity index (χ4n) is 0.714. The van der Waals surface area contributed by atoms with Crippen molar-refractivity contribution in [3.05, 3.63) is 25.3 Å². The summed E-state index contributed by atoms with van der Waals surface area (Å²) in [6.45, 7) is 5.27. The number of halogens is 1. The normalized spacial score (nSPS) is 11.8. The van der Waals surface area contributed by atoms with E-state index >= 15 is 0 Å². The number of hydrogen-bond acceptors (Lipinski definition) is 1. The van der Waals surface area contributed by atoms with Gasteiger partial charge in [0.1, 0.15) is 12.4 Å². The van der Waals surface area contributed by atoms with Crippen molar-refractivity contribution in [1.82, 2.24) is 4.57 Å². The molecule has 1 unspecified atom stereocenters. The van der Waals surface area contributed by atoms with Gasteiger partial charge in [0.05, 0.1) is 6.20 Å². The second-order valence-corrected chi connectivity index (χ2v) is 2.12. The first-order valence-electron chi connectivity index (χ1n) is 3.13. The van der Waals surface area contributed by atoms with E-state index in [0.29, 0.717) is 0 Å². The van der Waals surface area contributed by atoms with E-state index in [2.05, 4.69) is 6.58 Å². The van der Waals surface area contributed by atoms with Gasteiger partial charge in [-0.05, 0) is 0 Å². The van der Waals surface area contributed by atoms with E-state index in [4.69, 9.17) is 5.11 Å². The summed E-state index contributed by atoms with van der Waals surface area (Å²) in [6, 6.07) is 0. The smallest absolute Gasteiger partial charge is 0.250 e. The highest BCUT2D eigenvalue weighted by molar-refractivity contribution is 5.12. The third kappa shape index (κ3) is 2.48. The van der Waals surface area contributed by atoms with Crippen molar-refractivity contribution in [3.8, 4) is 0 Å². The average Bonchev–Trinajstić information content (AvgIpc) is 2.34. The Morgan fingerprint density at radius 3 is 2.64 bits per heavy atom. The van der Waals surface area contributed by atoms with Crippen molar-refractivity contribution in [2.75, 3.05) is 0 Å². The number of nitrogens with zero attached hydrogens (tertiary/aromatic N) is 2. The minimum absolute atomic E-state index is 0. The van der Waals surface area contributed by atoms with Crippen molar-refractivity contribution < 1.29 is 26.7 Å². The van der Waals surface area contributed by atoms with Crippen molar-refractivity contribution in [2.24, 2.45) is 0 Å². The molecule has 0 spiro atoms. The van der Waals surface area contributed by atoms with Crippen LogP contribution in [0.4, 0.5) is 0 Å². The zero-order valence-corrected chi connectivity index (χ0v) is 7.90. The molecule has 11 heavy (non-hydrogen) atoms. The second-order valence-electron chi connectivity index (χ2n) is 2.12. The van der Waals surface area contributed by atoms with Crippen LogP contribution >= 0.6 is 0 Å². The van der Waals surface area contributed by atoms with Gasteiger partial charge in [0.2, 0.25) is 0 Å². The predicted molar refractivity (Wildman–Crippen MR) is 37.9 cm³/mol. The molecule has 0 bridgehead atoms. The number of aromatic nitrogens is 2. The number of aliphatic hydroxyl groups excluding tert-OH is 1. The molecule has 62 valence electrons. The van der Waals surface area contributed by atoms with Crippen LogP contribution in [-0.2, 0) is 0 Å². The monoisotopic (exact) mass is 218 g/mol. The lowest BCUT2D eigenvalue weighted by molar-refractivity contribution is -0.755. The van der Waals surface area contributed by atoms with Gasteiger partial charge in [-0.1, -0.05) is 6.58 Å². The zero-order valence-electron chi connectivity index (χ0n) is 6.31. The molecule has 0 aromatic carbocycles. The first-order chi connectivity index (χ1) is 4.74. The van der Waals surface area contributed by atoms with Crippen LogP contribution in [0.3, 0.4) is 0 Å². The third-order valence-corrected chi connectivity index (χ3v) is 1.32. The molecule has 0 aliphatic heterocycles. The summed E-state index contributed by atoms with van der Waals surface area (Å²) in [5.41, 5.74) is 0. The lowest BCUT2D eigenvalue weighted by atomic mass is 10.6. The molecular weight excluding hydrogens is 208 g/mol. The lowest BCUT2D eigenvalue weighted by Crippen LogP contribution is -3.00. The summed E-state index contributed by atoms with van der Waals surface area (Å²) in [4.78, 5) is 0. The molecule has 0 saturated carbocycles. The van der Waals surface area contributed by atoms with Gasteiger partial charge in [-0.3, -0.25) is 0 Å². The predicted octanol–water partition coefficient (Wildman–Crippen LogP) is -2.61. The van der Waals surface area contributed by atoms with Crippen LogP contribution in [0.15, 0.2) is 25.3 Å². The average molecular weight is 219 g/mol. The van der Waals surface area contributed by atoms with Gasteiger partial charge >= 0.3 is 0 Å². The maximum Gasteiger partial charge on any atom is 0.250 e. The van der Waals surface area contributed by atoms with Gasteiger partial charge < -0.3 is 22.1 Å². The molecule has 0 amide bonds. The molecule has 3 nitrogen and oxygen atoms in total. The Hall–Kier alpha value is -0.610. The van der Waals surface area contributed by atoms with Crippen LogP contribution in [0, 0.1) is 0 Å². The molecule has 1 atom stereocenters. The molecule has 0 fully saturated rings. The zero-order chi connectivity index (χ0) is 7.56. The van der Waals surface area contributed by atoms with Gasteiger partial charge in [0.15, 0.2) is 6.23 Å². The summed E-state index contributed by atoms with van der Waals surface area (Å²) in [6.07, 6.45) is 6.56. The highest BCUT2D eigenvalue weighted by Gasteiger charge is 2.04. The largest absolute Gasteiger partial charge is 1.00 e. The van der Waals surface area contributed by atoms with E-state index in [9.17, 15) is 0 Å². The maximum absolute atomic E-state index is 9.05. The third-order valence-electron chi connectivity index (χ3n) is 1.32. The molecule has 0 saturated heterocycles. The Kier molecular flexibility index (Phi) is 4.07. The number of hydrogen-bond donors (Lipinski definition) is 1. The van der Waals surface area contributed by atoms with Crippen LogP contribution in [0.25, 0.3) is 6.20 Å². The summed E-state index contributed by atoms with van der Waals surface area (Å²) in [7, 11) is 0. The van der Waals surface area contributed by atoms with Gasteiger partial charge in [-0.15, -0.1) is 0 Å². The van der Waals surface area contributed by atoms with E-state index in [0.717, 1.165) is 0 Å². The summed E-state index contributed by atoms with van der Waals surface area (Å²) in [5, 5.41) is 9.05. The van der Waals surface area contributed by atoms with Crippen molar-refractivity contribution in [3.63, 3.8) is 0 Å². The van der Waals surface area contributed by atoms with Crippen LogP contribution in [-0.4, -0.2) is 9.67 Å². The number of imidazole rings is 1. The minimum atomic E-state index is -0.471. The summed E-state index contributed by atoms with van der Waals surface area (Å²) < 4.78 is 3.45. The Bertz CT molecular complexity index is 232. The maximum atomic E-state index is 9.05. The van der Waals surface area contributed by atoms with Crippen LogP contribution < -0.4 is 21.5 Å². The van der Waals surface area contributed by atoms with Gasteiger partial charge in [0.25, 0.3) is 6.33 Å². The van der Waals surface area contributed by atoms with Gasteiger partial charge in [-0.2, -0.15) is 0 Å². The van der Waals surface area contributed by atoms with E-state index in [1.807, 2.05) is 6.20 Å². The second kappa shape index (κ2) is 4.31. The van der Waals surface area contributed by atoms with Crippen molar-refractivity contribution in [2.45, 2.75) is 13.2 Å². The molecule has 1 heterocycles. The molecule has 0 radical (unpaired) electrons. The summed E-state index contributed by atoms with van der Waals surface area (Å²) >= 11 is 0. The Morgan fingerprint density at radius 2 is 2.36 bits per heavy atom. The number of rotatable bonds is 2. The fraction of sp³-hybridized carbons (Fsp3) is 0.286. The van der Waals surface area contributed by atoms with Gasteiger partial charge in [-0.25, -0.2) is 9.13 Å². The lowest BCUT2D eigenvalue weighted by Gasteiger charge is -1.94. The quantitative estimate of drug-likeness (QED) is 0.542. The molecule has 1 aromatic rings. The SMILES string of the molecule is C=Cn1cc[n+](C(C)O)c1.[Br-]. The minimum Gasteiger partial charge on any atom is -1.00 e. The highest BCUT2D eigenvalue weighted by Crippen LogP contribution is 1.88. The molecular formula is C7H11BrN2O. The molecule has 0 aliphatic carbocycles. The first-order valence-corrected chi connectivity index (χ1v) is 3.13. The van der Waals surface area contributed by atoms with E-state index in [1.54, 1.807) is 34.8 Å². The van der Waals surface area contributed by atoms with E-state index in [1.165, 1.54) is 0 Å². The molecule has 0 aliphatic rings. The van der Waals surface area contributed by atoms with E-state index < -0.39 is 6.23 Å². The van der Waals surface area contributed by atoms with Crippen LogP contribution in [0.2, 0.25) is 0 Å². The molecule has 1 aromatic heterocycles. The van der Waals surface area contributed by atoms with Crippen LogP contribution in [0.1, 0.15) is 13.2 Å². The fourth-order valence-corrected chi connectivity index (χ4v) is 0.714. The summed E-state index contributed by atoms with van der Waals surface area (Å²) in [5.74, 6) is 0. The van der Waals surface area contributed by atoms with E-state index in [-0.39, 0.29) is 17.0 Å². The first kappa shape index (κ1) is 10.4. The van der Waals surface area contributed by atoms with Crippen molar-refractivity contribution >= 4 is 6.20 Å². The molecule has 4 heteroatoms. The van der Waals surface area contributed by atoms with Crippen molar-refractivity contribution in [1.29, 1.82) is 0 Å². The number of aliphatic hydroxyl groups is 1. The van der Waals surface area contributed by atoms with Gasteiger partial charge in [0, 0.05) is 6.92 Å². The topological polar surface area (TPSA) is 29.0 Å². The standard InChI is InChI=1S/C7H11N2O.BrH/c1-3-8-4-5-9(6-8)7(2)10;/h3-7,10H,1H2,2H3;1H/q+1;/p-1. The van der Waals surface area contributed by atoms with Crippen LogP contribution in [0.5, 0.6) is 0 Å². The Balaban J connectivity index is 0.000001000. The molecule has 1 rings (SSSR count). The Morgan fingerprint density at radius 1 is 1.73 bits per heavy atom. The molecule has 1 N–H and O–H groups in total. The Labute approximate surface area is 76.4 Å². The highest BCUT2D eigenvalue weighted by atomic mass is 79.9.